The summed E-state index contributed by atoms with van der Waals surface area (Å²) >= 11 is 0. The number of rotatable bonds is 11. The van der Waals surface area contributed by atoms with Crippen LogP contribution in [0.3, 0.4) is 0 Å². The van der Waals surface area contributed by atoms with Crippen molar-refractivity contribution in [1.29, 1.82) is 0 Å². The van der Waals surface area contributed by atoms with Crippen LogP contribution in [0.5, 0.6) is 5.75 Å². The predicted molar refractivity (Wildman–Crippen MR) is 212 cm³/mol. The third kappa shape index (κ3) is 6.93. The summed E-state index contributed by atoms with van der Waals surface area (Å²) in [6.07, 6.45) is 1.56. The van der Waals surface area contributed by atoms with Gasteiger partial charge in [0.2, 0.25) is 11.8 Å². The summed E-state index contributed by atoms with van der Waals surface area (Å²) in [4.78, 5) is 51.9. The van der Waals surface area contributed by atoms with E-state index in [-0.39, 0.29) is 32.8 Å². The van der Waals surface area contributed by atoms with Crippen LogP contribution in [0.15, 0.2) is 128 Å². The highest BCUT2D eigenvalue weighted by atomic mass is 16.6. The lowest BCUT2D eigenvalue weighted by Crippen LogP contribution is -2.55. The number of fused-ring (bicyclic) bond motifs is 3. The Morgan fingerprint density at radius 2 is 1.61 bits per heavy atom. The van der Waals surface area contributed by atoms with Crippen molar-refractivity contribution in [3.8, 4) is 17.6 Å². The van der Waals surface area contributed by atoms with Crippen molar-refractivity contribution in [2.24, 2.45) is 5.92 Å². The van der Waals surface area contributed by atoms with Crippen molar-refractivity contribution < 1.29 is 34.1 Å². The number of benzene rings is 4. The Morgan fingerprint density at radius 3 is 2.35 bits per heavy atom. The molecule has 288 valence electrons. The first-order valence-corrected chi connectivity index (χ1v) is 19.1. The van der Waals surface area contributed by atoms with Gasteiger partial charge in [-0.2, -0.15) is 0 Å². The Hall–Kier alpha value is -6.32. The maximum atomic E-state index is 15.3. The summed E-state index contributed by atoms with van der Waals surface area (Å²) < 4.78 is 12.4. The number of esters is 1. The van der Waals surface area contributed by atoms with Crippen LogP contribution < -0.4 is 15.4 Å². The van der Waals surface area contributed by atoms with Crippen LogP contribution in [0.4, 0.5) is 5.69 Å². The van der Waals surface area contributed by atoms with E-state index in [0.717, 1.165) is 16.8 Å². The average molecular weight is 763 g/mol. The van der Waals surface area contributed by atoms with Gasteiger partial charge in [-0.3, -0.25) is 24.3 Å². The van der Waals surface area contributed by atoms with Gasteiger partial charge in [-0.05, 0) is 64.7 Å². The molecule has 0 saturated carbocycles. The number of hydrogen-bond donors (Lipinski definition) is 4. The lowest BCUT2D eigenvalue weighted by atomic mass is 9.65. The van der Waals surface area contributed by atoms with Crippen molar-refractivity contribution in [3.63, 3.8) is 0 Å². The third-order valence-corrected chi connectivity index (χ3v) is 11.0. The number of aliphatic hydroxyl groups excluding tert-OH is 2. The van der Waals surface area contributed by atoms with Crippen molar-refractivity contribution in [2.45, 2.75) is 42.5 Å². The van der Waals surface area contributed by atoms with Crippen molar-refractivity contribution in [1.82, 2.24) is 15.2 Å². The van der Waals surface area contributed by atoms with Gasteiger partial charge in [-0.1, -0.05) is 90.7 Å². The van der Waals surface area contributed by atoms with Crippen molar-refractivity contribution >= 4 is 23.5 Å². The molecule has 57 heavy (non-hydrogen) atoms. The molecule has 11 nitrogen and oxygen atoms in total. The molecule has 2 amide bonds. The summed E-state index contributed by atoms with van der Waals surface area (Å²) in [5.41, 5.74) is 2.90. The fourth-order valence-corrected chi connectivity index (χ4v) is 8.80. The molecule has 0 radical (unpaired) electrons. The highest BCUT2D eigenvalue weighted by Crippen LogP contribution is 2.65. The first-order valence-electron chi connectivity index (χ1n) is 19.1. The Kier molecular flexibility index (Phi) is 10.8. The number of hydrogen-bond acceptors (Lipinski definition) is 9. The topological polar surface area (TPSA) is 150 Å². The lowest BCUT2D eigenvalue weighted by Gasteiger charge is -2.46. The van der Waals surface area contributed by atoms with Crippen molar-refractivity contribution in [3.05, 3.63) is 161 Å². The molecule has 3 aliphatic heterocycles. The van der Waals surface area contributed by atoms with Crippen LogP contribution in [0.2, 0.25) is 0 Å². The van der Waals surface area contributed by atoms with Gasteiger partial charge in [-0.15, -0.1) is 0 Å². The Morgan fingerprint density at radius 1 is 0.860 bits per heavy atom. The fraction of sp³-hybridized carbons (Fsp3) is 0.261. The van der Waals surface area contributed by atoms with E-state index in [4.69, 9.17) is 9.47 Å². The van der Waals surface area contributed by atoms with Crippen LogP contribution >= 0.6 is 0 Å². The Balaban J connectivity index is 1.38. The molecule has 6 atom stereocenters. The molecular weight excluding hydrogens is 721 g/mol. The van der Waals surface area contributed by atoms with Gasteiger partial charge in [0.05, 0.1) is 31.2 Å². The summed E-state index contributed by atoms with van der Waals surface area (Å²) in [5.74, 6) is 3.69. The van der Waals surface area contributed by atoms with E-state index in [0.29, 0.717) is 34.5 Å². The minimum absolute atomic E-state index is 0.0428. The molecule has 0 bridgehead atoms. The average Bonchev–Trinajstić information content (AvgIpc) is 3.72. The van der Waals surface area contributed by atoms with Crippen LogP contribution in [0.25, 0.3) is 0 Å². The maximum absolute atomic E-state index is 15.3. The number of pyridine rings is 1. The monoisotopic (exact) mass is 762 g/mol. The molecule has 2 fully saturated rings. The van der Waals surface area contributed by atoms with Crippen LogP contribution in [-0.2, 0) is 31.0 Å². The number of cyclic esters (lactones) is 1. The van der Waals surface area contributed by atoms with Crippen molar-refractivity contribution in [2.75, 3.05) is 31.7 Å². The Bertz CT molecular complexity index is 2310. The number of carbonyl (C=O) groups is 3. The molecular formula is C46H42N4O7. The molecule has 2 saturated heterocycles. The first kappa shape index (κ1) is 37.6. The van der Waals surface area contributed by atoms with E-state index in [9.17, 15) is 15.0 Å². The minimum Gasteiger partial charge on any atom is -0.491 e. The fourth-order valence-electron chi connectivity index (χ4n) is 8.80. The Labute approximate surface area is 330 Å². The number of nitrogens with one attached hydrogen (secondary N) is 2. The van der Waals surface area contributed by atoms with E-state index in [2.05, 4.69) is 27.5 Å². The molecule has 8 rings (SSSR count). The van der Waals surface area contributed by atoms with E-state index >= 15 is 9.59 Å². The van der Waals surface area contributed by atoms with Crippen LogP contribution in [-0.4, -0.2) is 70.3 Å². The molecule has 0 unspecified atom stereocenters. The van der Waals surface area contributed by atoms with E-state index in [1.807, 2.05) is 108 Å². The highest BCUT2D eigenvalue weighted by molar-refractivity contribution is 6.12. The summed E-state index contributed by atoms with van der Waals surface area (Å²) in [6.45, 7) is -0.0683. The van der Waals surface area contributed by atoms with Crippen LogP contribution in [0.1, 0.15) is 58.1 Å². The van der Waals surface area contributed by atoms with Gasteiger partial charge in [0.1, 0.15) is 29.9 Å². The van der Waals surface area contributed by atoms with E-state index in [1.165, 1.54) is 0 Å². The normalized spacial score (nSPS) is 23.4. The molecule has 1 aromatic heterocycles. The second kappa shape index (κ2) is 16.4. The maximum Gasteiger partial charge on any atom is 0.324 e. The zero-order valence-corrected chi connectivity index (χ0v) is 31.1. The van der Waals surface area contributed by atoms with Gasteiger partial charge in [-0.25, -0.2) is 0 Å². The highest BCUT2D eigenvalue weighted by Gasteiger charge is 2.74. The number of nitrogens with zero attached hydrogens (tertiary/aromatic N) is 2. The number of ether oxygens (including phenoxy) is 2. The second-order valence-corrected chi connectivity index (χ2v) is 14.3. The number of aliphatic hydroxyl groups is 2. The van der Waals surface area contributed by atoms with Crippen LogP contribution in [0, 0.1) is 17.8 Å². The van der Waals surface area contributed by atoms with Gasteiger partial charge < -0.3 is 30.3 Å². The van der Waals surface area contributed by atoms with Gasteiger partial charge in [0, 0.05) is 42.5 Å². The number of carbonyl (C=O) groups excluding carboxylic acids is 3. The third-order valence-electron chi connectivity index (χ3n) is 11.0. The molecule has 4 N–H and O–H groups in total. The van der Waals surface area contributed by atoms with E-state index in [1.54, 1.807) is 24.4 Å². The molecule has 4 heterocycles. The SMILES string of the molecule is O=C1O[C@@H](c2ccccc2)[C@@H](c2ccccc2)N2[C@@H](c3cccc(OCCO)c3)[C@]3(C(=O)Nc4ccc(C#CCCO)cc43)[C@@H](C(=O)NCCc3ccccn3)[C@H]12. The summed E-state index contributed by atoms with van der Waals surface area (Å²) in [6, 6.07) is 34.6. The quantitative estimate of drug-likeness (QED) is 0.110. The molecule has 3 aliphatic rings. The number of aromatic nitrogens is 1. The largest absolute Gasteiger partial charge is 0.491 e. The second-order valence-electron chi connectivity index (χ2n) is 14.3. The summed E-state index contributed by atoms with van der Waals surface area (Å²) in [5, 5.41) is 25.3. The number of morpholine rings is 1. The molecule has 5 aromatic rings. The van der Waals surface area contributed by atoms with E-state index < -0.39 is 53.3 Å². The first-order chi connectivity index (χ1) is 27.9. The zero-order valence-electron chi connectivity index (χ0n) is 31.1. The number of anilines is 1. The standard InChI is InChI=1S/C46H42N4O7/c51-25-10-8-12-30-20-21-37-36(28-30)46(45(55)49-37)38(43(53)48-24-22-34-18-7-9-23-47-34)40-44(54)57-41(32-15-5-2-6-16-32)39(31-13-3-1-4-14-31)50(40)42(46)33-17-11-19-35(29-33)56-27-26-52/h1-7,9,11,13-21,23,28-29,38-42,51-52H,10,22,24-27H2,(H,48,53)(H,49,55)/t38-,39-,40-,41+,42+,46-/m1/s1. The molecule has 1 spiro atoms. The molecule has 11 heteroatoms. The molecule has 4 aromatic carbocycles. The van der Waals surface area contributed by atoms with Gasteiger partial charge in [0.15, 0.2) is 0 Å². The minimum atomic E-state index is -1.70. The molecule has 0 aliphatic carbocycles. The smallest absolute Gasteiger partial charge is 0.324 e. The number of amides is 2. The lowest BCUT2D eigenvalue weighted by molar-refractivity contribution is -0.178. The van der Waals surface area contributed by atoms with Gasteiger partial charge >= 0.3 is 5.97 Å². The van der Waals surface area contributed by atoms with Gasteiger partial charge in [0.25, 0.3) is 0 Å². The summed E-state index contributed by atoms with van der Waals surface area (Å²) in [7, 11) is 0. The zero-order chi connectivity index (χ0) is 39.4. The predicted octanol–water partition coefficient (Wildman–Crippen LogP) is 4.82.